The summed E-state index contributed by atoms with van der Waals surface area (Å²) in [5, 5.41) is 2.97. The van der Waals surface area contributed by atoms with Crippen molar-refractivity contribution in [2.45, 2.75) is 33.1 Å². The topological polar surface area (TPSA) is 58.1 Å². The lowest BCUT2D eigenvalue weighted by molar-refractivity contribution is -0.121. The smallest absolute Gasteiger partial charge is 0.220 e. The Hall–Kier alpha value is -2.43. The Labute approximate surface area is 144 Å². The molecule has 0 saturated carbocycles. The number of rotatable bonds is 9. The van der Waals surface area contributed by atoms with Gasteiger partial charge in [0.25, 0.3) is 0 Å². The SMILES string of the molecule is CCN(CC)c1cc(CCC(=O)NCCc2cccnc2)ccn1. The van der Waals surface area contributed by atoms with Crippen molar-refractivity contribution >= 4 is 11.7 Å². The maximum Gasteiger partial charge on any atom is 0.220 e. The fourth-order valence-electron chi connectivity index (χ4n) is 2.58. The zero-order valence-electron chi connectivity index (χ0n) is 14.5. The second kappa shape index (κ2) is 9.65. The van der Waals surface area contributed by atoms with Crippen molar-refractivity contribution in [1.82, 2.24) is 15.3 Å². The minimum absolute atomic E-state index is 0.0834. The van der Waals surface area contributed by atoms with Crippen LogP contribution in [0, 0.1) is 0 Å². The Balaban J connectivity index is 1.76. The van der Waals surface area contributed by atoms with Crippen LogP contribution in [-0.2, 0) is 17.6 Å². The van der Waals surface area contributed by atoms with Gasteiger partial charge in [-0.25, -0.2) is 4.98 Å². The average molecular weight is 326 g/mol. The first-order chi connectivity index (χ1) is 11.7. The third-order valence-electron chi connectivity index (χ3n) is 4.00. The molecule has 2 rings (SSSR count). The summed E-state index contributed by atoms with van der Waals surface area (Å²) in [6.07, 6.45) is 7.44. The van der Waals surface area contributed by atoms with E-state index in [0.717, 1.165) is 42.9 Å². The molecular weight excluding hydrogens is 300 g/mol. The van der Waals surface area contributed by atoms with Gasteiger partial charge in [0.15, 0.2) is 0 Å². The second-order valence-electron chi connectivity index (χ2n) is 5.66. The predicted molar refractivity (Wildman–Crippen MR) is 97.1 cm³/mol. The number of nitrogens with zero attached hydrogens (tertiary/aromatic N) is 3. The first kappa shape index (κ1) is 17.9. The van der Waals surface area contributed by atoms with Gasteiger partial charge in [0.1, 0.15) is 5.82 Å². The molecule has 0 aliphatic carbocycles. The van der Waals surface area contributed by atoms with Gasteiger partial charge in [-0.3, -0.25) is 9.78 Å². The number of pyridine rings is 2. The lowest BCUT2D eigenvalue weighted by Crippen LogP contribution is -2.26. The van der Waals surface area contributed by atoms with E-state index in [-0.39, 0.29) is 5.91 Å². The molecule has 1 amide bonds. The van der Waals surface area contributed by atoms with Gasteiger partial charge in [0.2, 0.25) is 5.91 Å². The standard InChI is InChI=1S/C19H26N4O/c1-3-23(4-2)18-14-16(9-12-21-18)7-8-19(24)22-13-10-17-6-5-11-20-15-17/h5-6,9,11-12,14-15H,3-4,7-8,10,13H2,1-2H3,(H,22,24). The van der Waals surface area contributed by atoms with Crippen molar-refractivity contribution in [3.63, 3.8) is 0 Å². The van der Waals surface area contributed by atoms with Gasteiger partial charge in [-0.2, -0.15) is 0 Å². The molecule has 0 bridgehead atoms. The lowest BCUT2D eigenvalue weighted by Gasteiger charge is -2.20. The minimum Gasteiger partial charge on any atom is -0.357 e. The van der Waals surface area contributed by atoms with E-state index >= 15 is 0 Å². The number of anilines is 1. The molecule has 2 heterocycles. The Morgan fingerprint density at radius 1 is 1.12 bits per heavy atom. The predicted octanol–water partition coefficient (Wildman–Crippen LogP) is 2.61. The van der Waals surface area contributed by atoms with Gasteiger partial charge in [0.05, 0.1) is 0 Å². The van der Waals surface area contributed by atoms with E-state index < -0.39 is 0 Å². The second-order valence-corrected chi connectivity index (χ2v) is 5.66. The number of carbonyl (C=O) groups is 1. The summed E-state index contributed by atoms with van der Waals surface area (Å²) in [7, 11) is 0. The molecule has 0 aromatic carbocycles. The van der Waals surface area contributed by atoms with Gasteiger partial charge < -0.3 is 10.2 Å². The third kappa shape index (κ3) is 5.65. The Bertz CT molecular complexity index is 626. The van der Waals surface area contributed by atoms with Crippen molar-refractivity contribution < 1.29 is 4.79 Å². The number of aromatic nitrogens is 2. The van der Waals surface area contributed by atoms with E-state index in [0.29, 0.717) is 13.0 Å². The Kier molecular flexibility index (Phi) is 7.21. The Morgan fingerprint density at radius 3 is 2.67 bits per heavy atom. The molecule has 128 valence electrons. The molecule has 2 aromatic rings. The molecular formula is C19H26N4O. The highest BCUT2D eigenvalue weighted by molar-refractivity contribution is 5.76. The summed E-state index contributed by atoms with van der Waals surface area (Å²) in [5.74, 6) is 1.06. The quantitative estimate of drug-likeness (QED) is 0.769. The van der Waals surface area contributed by atoms with Crippen molar-refractivity contribution in [3.8, 4) is 0 Å². The van der Waals surface area contributed by atoms with Crippen molar-refractivity contribution in [2.24, 2.45) is 0 Å². The van der Waals surface area contributed by atoms with Crippen LogP contribution in [-0.4, -0.2) is 35.5 Å². The summed E-state index contributed by atoms with van der Waals surface area (Å²) in [5.41, 5.74) is 2.28. The summed E-state index contributed by atoms with van der Waals surface area (Å²) in [6, 6.07) is 7.99. The van der Waals surface area contributed by atoms with E-state index in [1.165, 1.54) is 0 Å². The first-order valence-electron chi connectivity index (χ1n) is 8.58. The van der Waals surface area contributed by atoms with Crippen LogP contribution in [0.4, 0.5) is 5.82 Å². The lowest BCUT2D eigenvalue weighted by atomic mass is 10.1. The largest absolute Gasteiger partial charge is 0.357 e. The maximum absolute atomic E-state index is 12.0. The summed E-state index contributed by atoms with van der Waals surface area (Å²) in [6.45, 7) is 6.75. The maximum atomic E-state index is 12.0. The molecule has 0 unspecified atom stereocenters. The highest BCUT2D eigenvalue weighted by Crippen LogP contribution is 2.13. The van der Waals surface area contributed by atoms with Crippen LogP contribution in [0.2, 0.25) is 0 Å². The Morgan fingerprint density at radius 2 is 1.96 bits per heavy atom. The number of amides is 1. The van der Waals surface area contributed by atoms with E-state index in [2.05, 4.69) is 40.1 Å². The molecule has 5 nitrogen and oxygen atoms in total. The molecule has 0 saturated heterocycles. The van der Waals surface area contributed by atoms with Crippen LogP contribution >= 0.6 is 0 Å². The van der Waals surface area contributed by atoms with Gasteiger partial charge in [0, 0.05) is 44.6 Å². The molecule has 2 aromatic heterocycles. The van der Waals surface area contributed by atoms with Crippen molar-refractivity contribution in [3.05, 3.63) is 54.0 Å². The zero-order valence-corrected chi connectivity index (χ0v) is 14.5. The van der Waals surface area contributed by atoms with Crippen molar-refractivity contribution in [1.29, 1.82) is 0 Å². The normalized spacial score (nSPS) is 10.4. The van der Waals surface area contributed by atoms with Gasteiger partial charge in [-0.05, 0) is 56.0 Å². The van der Waals surface area contributed by atoms with E-state index in [4.69, 9.17) is 0 Å². The van der Waals surface area contributed by atoms with Crippen LogP contribution in [0.25, 0.3) is 0 Å². The number of carbonyl (C=O) groups excluding carboxylic acids is 1. The molecule has 0 radical (unpaired) electrons. The molecule has 0 aliphatic rings. The van der Waals surface area contributed by atoms with Gasteiger partial charge in [-0.1, -0.05) is 6.07 Å². The van der Waals surface area contributed by atoms with Gasteiger partial charge >= 0.3 is 0 Å². The van der Waals surface area contributed by atoms with Crippen molar-refractivity contribution in [2.75, 3.05) is 24.5 Å². The minimum atomic E-state index is 0.0834. The summed E-state index contributed by atoms with van der Waals surface area (Å²) < 4.78 is 0. The molecule has 5 heteroatoms. The number of aryl methyl sites for hydroxylation is 1. The van der Waals surface area contributed by atoms with Crippen LogP contribution in [0.3, 0.4) is 0 Å². The molecule has 0 aliphatic heterocycles. The molecule has 24 heavy (non-hydrogen) atoms. The van der Waals surface area contributed by atoms with Crippen LogP contribution in [0.15, 0.2) is 42.9 Å². The van der Waals surface area contributed by atoms with Crippen LogP contribution < -0.4 is 10.2 Å². The molecule has 0 atom stereocenters. The molecule has 0 fully saturated rings. The fraction of sp³-hybridized carbons (Fsp3) is 0.421. The van der Waals surface area contributed by atoms with Crippen LogP contribution in [0.1, 0.15) is 31.4 Å². The van der Waals surface area contributed by atoms with Gasteiger partial charge in [-0.15, -0.1) is 0 Å². The third-order valence-corrected chi connectivity index (χ3v) is 4.00. The molecule has 1 N–H and O–H groups in total. The summed E-state index contributed by atoms with van der Waals surface area (Å²) in [4.78, 5) is 22.7. The van der Waals surface area contributed by atoms with E-state index in [1.54, 1.807) is 6.20 Å². The monoisotopic (exact) mass is 326 g/mol. The van der Waals surface area contributed by atoms with Crippen LogP contribution in [0.5, 0.6) is 0 Å². The average Bonchev–Trinajstić information content (AvgIpc) is 2.62. The zero-order chi connectivity index (χ0) is 17.2. The summed E-state index contributed by atoms with van der Waals surface area (Å²) >= 11 is 0. The van der Waals surface area contributed by atoms with E-state index in [1.807, 2.05) is 30.6 Å². The first-order valence-corrected chi connectivity index (χ1v) is 8.58. The molecule has 0 spiro atoms. The highest BCUT2D eigenvalue weighted by Gasteiger charge is 2.06. The number of hydrogen-bond acceptors (Lipinski definition) is 4. The highest BCUT2D eigenvalue weighted by atomic mass is 16.1. The van der Waals surface area contributed by atoms with E-state index in [9.17, 15) is 4.79 Å². The number of nitrogens with one attached hydrogen (secondary N) is 1. The number of hydrogen-bond donors (Lipinski definition) is 1. The fourth-order valence-corrected chi connectivity index (χ4v) is 2.58.